The number of hydrogen-bond donors (Lipinski definition) is 3. The predicted octanol–water partition coefficient (Wildman–Crippen LogP) is 0.575. The third-order valence-electron chi connectivity index (χ3n) is 1.50. The zero-order valence-corrected chi connectivity index (χ0v) is 6.90. The third-order valence-corrected chi connectivity index (χ3v) is 1.50. The molecule has 0 spiro atoms. The molecule has 13 heavy (non-hydrogen) atoms. The number of nitrogens with two attached hydrogens (primary N) is 1. The Kier molecular flexibility index (Phi) is 3.05. The summed E-state index contributed by atoms with van der Waals surface area (Å²) >= 11 is 0. The number of nitrogens with one attached hydrogen (secondary N) is 1. The van der Waals surface area contributed by atoms with Gasteiger partial charge in [0.2, 0.25) is 0 Å². The molecule has 0 unspecified atom stereocenters. The van der Waals surface area contributed by atoms with Crippen molar-refractivity contribution in [3.05, 3.63) is 41.6 Å². The van der Waals surface area contributed by atoms with Crippen LogP contribution in [-0.2, 0) is 4.79 Å². The topological polar surface area (TPSA) is 75.3 Å². The zero-order valence-electron chi connectivity index (χ0n) is 6.90. The van der Waals surface area contributed by atoms with Crippen LogP contribution in [0.2, 0.25) is 0 Å². The van der Waals surface area contributed by atoms with E-state index in [1.165, 1.54) is 6.08 Å². The number of carbonyl (C=O) groups is 1. The van der Waals surface area contributed by atoms with Gasteiger partial charge in [-0.05, 0) is 11.6 Å². The lowest BCUT2D eigenvalue weighted by atomic mass is 10.2. The van der Waals surface area contributed by atoms with Crippen LogP contribution in [0.1, 0.15) is 5.56 Å². The molecule has 1 aromatic carbocycles. The summed E-state index contributed by atoms with van der Waals surface area (Å²) < 4.78 is 0. The highest BCUT2D eigenvalue weighted by atomic mass is 16.4. The lowest BCUT2D eigenvalue weighted by Crippen LogP contribution is -2.26. The first-order chi connectivity index (χ1) is 6.24. The number of hydrazine groups is 1. The molecule has 0 aliphatic heterocycles. The fraction of sp³-hybridized carbons (Fsp3) is 0. The first-order valence-electron chi connectivity index (χ1n) is 3.70. The summed E-state index contributed by atoms with van der Waals surface area (Å²) in [4.78, 5) is 10.5. The van der Waals surface area contributed by atoms with Gasteiger partial charge in [0.15, 0.2) is 0 Å². The molecule has 4 nitrogen and oxygen atoms in total. The molecule has 0 aromatic heterocycles. The number of aliphatic carboxylic acids is 1. The Morgan fingerprint density at radius 1 is 1.38 bits per heavy atom. The van der Waals surface area contributed by atoms with Crippen molar-refractivity contribution in [1.82, 2.24) is 5.43 Å². The Morgan fingerprint density at radius 3 is 2.46 bits per heavy atom. The van der Waals surface area contributed by atoms with Gasteiger partial charge in [-0.1, -0.05) is 30.3 Å². The van der Waals surface area contributed by atoms with Crippen molar-refractivity contribution in [2.75, 3.05) is 0 Å². The zero-order chi connectivity index (χ0) is 9.68. The van der Waals surface area contributed by atoms with Crippen molar-refractivity contribution in [3.8, 4) is 0 Å². The maximum Gasteiger partial charge on any atom is 0.353 e. The van der Waals surface area contributed by atoms with E-state index in [4.69, 9.17) is 10.9 Å². The highest BCUT2D eigenvalue weighted by Crippen LogP contribution is 2.03. The molecule has 68 valence electrons. The van der Waals surface area contributed by atoms with Crippen molar-refractivity contribution < 1.29 is 9.90 Å². The van der Waals surface area contributed by atoms with Crippen molar-refractivity contribution in [3.63, 3.8) is 0 Å². The molecule has 0 bridgehead atoms. The summed E-state index contributed by atoms with van der Waals surface area (Å²) in [6.45, 7) is 0. The number of hydrogen-bond acceptors (Lipinski definition) is 3. The SMILES string of the molecule is NNC(=Cc1ccccc1)C(=O)O. The Balaban J connectivity index is 2.92. The van der Waals surface area contributed by atoms with Gasteiger partial charge in [-0.15, -0.1) is 0 Å². The Hall–Kier alpha value is -1.81. The van der Waals surface area contributed by atoms with Crippen molar-refractivity contribution in [2.24, 2.45) is 5.84 Å². The van der Waals surface area contributed by atoms with Gasteiger partial charge in [0.25, 0.3) is 0 Å². The van der Waals surface area contributed by atoms with Crippen molar-refractivity contribution in [1.29, 1.82) is 0 Å². The van der Waals surface area contributed by atoms with Crippen LogP contribution in [0.4, 0.5) is 0 Å². The van der Waals surface area contributed by atoms with E-state index in [2.05, 4.69) is 5.43 Å². The number of carboxylic acid groups (broad SMARTS) is 1. The lowest BCUT2D eigenvalue weighted by molar-refractivity contribution is -0.132. The second-order valence-corrected chi connectivity index (χ2v) is 2.42. The molecule has 0 saturated heterocycles. The van der Waals surface area contributed by atoms with Gasteiger partial charge >= 0.3 is 5.97 Å². The Morgan fingerprint density at radius 2 is 2.00 bits per heavy atom. The summed E-state index contributed by atoms with van der Waals surface area (Å²) in [5.74, 6) is 3.94. The average molecular weight is 178 g/mol. The van der Waals surface area contributed by atoms with E-state index in [1.807, 2.05) is 18.2 Å². The average Bonchev–Trinajstić information content (AvgIpc) is 2.15. The summed E-state index contributed by atoms with van der Waals surface area (Å²) in [6.07, 6.45) is 1.46. The molecular weight excluding hydrogens is 168 g/mol. The molecule has 0 amide bonds. The van der Waals surface area contributed by atoms with E-state index in [0.29, 0.717) is 0 Å². The molecule has 0 aliphatic rings. The standard InChI is InChI=1S/C9H10N2O2/c10-11-8(9(12)13)6-7-4-2-1-3-5-7/h1-6,11H,10H2,(H,12,13). The molecule has 0 aliphatic carbocycles. The van der Waals surface area contributed by atoms with Crippen LogP contribution in [0.15, 0.2) is 36.0 Å². The molecule has 0 radical (unpaired) electrons. The number of carboxylic acids is 1. The summed E-state index contributed by atoms with van der Waals surface area (Å²) in [7, 11) is 0. The highest BCUT2D eigenvalue weighted by Gasteiger charge is 2.03. The largest absolute Gasteiger partial charge is 0.477 e. The summed E-state index contributed by atoms with van der Waals surface area (Å²) in [5, 5.41) is 8.62. The van der Waals surface area contributed by atoms with Crippen LogP contribution in [0.3, 0.4) is 0 Å². The number of benzene rings is 1. The van der Waals surface area contributed by atoms with E-state index >= 15 is 0 Å². The smallest absolute Gasteiger partial charge is 0.353 e. The fourth-order valence-electron chi connectivity index (χ4n) is 0.881. The van der Waals surface area contributed by atoms with Crippen molar-refractivity contribution in [2.45, 2.75) is 0 Å². The second kappa shape index (κ2) is 4.27. The normalized spacial score (nSPS) is 11.0. The Bertz CT molecular complexity index is 320. The van der Waals surface area contributed by atoms with Gasteiger partial charge in [0.05, 0.1) is 0 Å². The van der Waals surface area contributed by atoms with E-state index in [0.717, 1.165) is 5.56 Å². The minimum atomic E-state index is -1.08. The molecular formula is C9H10N2O2. The molecule has 0 saturated carbocycles. The van der Waals surface area contributed by atoms with Gasteiger partial charge < -0.3 is 10.5 Å². The van der Waals surface area contributed by atoms with E-state index in [-0.39, 0.29) is 5.70 Å². The van der Waals surface area contributed by atoms with Crippen LogP contribution >= 0.6 is 0 Å². The van der Waals surface area contributed by atoms with Crippen LogP contribution in [0.5, 0.6) is 0 Å². The Labute approximate surface area is 75.7 Å². The van der Waals surface area contributed by atoms with Gasteiger partial charge in [0.1, 0.15) is 5.70 Å². The molecule has 4 N–H and O–H groups in total. The first-order valence-corrected chi connectivity index (χ1v) is 3.70. The van der Waals surface area contributed by atoms with E-state index < -0.39 is 5.97 Å². The number of rotatable bonds is 3. The van der Waals surface area contributed by atoms with Gasteiger partial charge in [-0.25, -0.2) is 4.79 Å². The molecule has 1 rings (SSSR count). The minimum Gasteiger partial charge on any atom is -0.477 e. The maximum absolute atomic E-state index is 10.5. The lowest BCUT2D eigenvalue weighted by Gasteiger charge is -1.99. The van der Waals surface area contributed by atoms with E-state index in [1.54, 1.807) is 12.1 Å². The molecule has 0 fully saturated rings. The second-order valence-electron chi connectivity index (χ2n) is 2.42. The van der Waals surface area contributed by atoms with Crippen LogP contribution in [-0.4, -0.2) is 11.1 Å². The molecule has 0 heterocycles. The highest BCUT2D eigenvalue weighted by molar-refractivity contribution is 5.91. The minimum absolute atomic E-state index is 0.0359. The first kappa shape index (κ1) is 9.28. The predicted molar refractivity (Wildman–Crippen MR) is 49.4 cm³/mol. The van der Waals surface area contributed by atoms with Gasteiger partial charge in [-0.2, -0.15) is 0 Å². The monoisotopic (exact) mass is 178 g/mol. The van der Waals surface area contributed by atoms with Crippen LogP contribution in [0.25, 0.3) is 6.08 Å². The van der Waals surface area contributed by atoms with Gasteiger partial charge in [-0.3, -0.25) is 5.84 Å². The summed E-state index contributed by atoms with van der Waals surface area (Å²) in [5.41, 5.74) is 2.87. The third kappa shape index (κ3) is 2.61. The molecule has 0 atom stereocenters. The van der Waals surface area contributed by atoms with Crippen LogP contribution in [0, 0.1) is 0 Å². The maximum atomic E-state index is 10.5. The molecule has 4 heteroatoms. The molecule has 1 aromatic rings. The quantitative estimate of drug-likeness (QED) is 0.359. The van der Waals surface area contributed by atoms with Crippen molar-refractivity contribution >= 4 is 12.0 Å². The summed E-state index contributed by atoms with van der Waals surface area (Å²) in [6, 6.07) is 9.08. The van der Waals surface area contributed by atoms with Crippen LogP contribution < -0.4 is 11.3 Å². The van der Waals surface area contributed by atoms with Gasteiger partial charge in [0, 0.05) is 0 Å². The fourth-order valence-corrected chi connectivity index (χ4v) is 0.881. The van der Waals surface area contributed by atoms with E-state index in [9.17, 15) is 4.79 Å².